The molecule has 1 N–H and O–H groups in total. The van der Waals surface area contributed by atoms with Gasteiger partial charge < -0.3 is 0 Å². The van der Waals surface area contributed by atoms with E-state index in [0.29, 0.717) is 26.1 Å². The molecule has 0 unspecified atom stereocenters. The average molecular weight is 348 g/mol. The smallest absolute Gasteiger partial charge is 0.298 e. The number of hydrogen-bond donors (Lipinski definition) is 1. The summed E-state index contributed by atoms with van der Waals surface area (Å²) in [5.41, 5.74) is -2.33. The molecule has 0 bridgehead atoms. The van der Waals surface area contributed by atoms with Gasteiger partial charge in [0.25, 0.3) is 0 Å². The first-order chi connectivity index (χ1) is 10.8. The Labute approximate surface area is 131 Å². The van der Waals surface area contributed by atoms with Gasteiger partial charge in [-0.25, -0.2) is 18.1 Å². The van der Waals surface area contributed by atoms with E-state index in [1.165, 1.54) is 0 Å². The first-order valence-electron chi connectivity index (χ1n) is 7.00. The molecule has 3 rings (SSSR count). The molecule has 3 heterocycles. The molecule has 0 radical (unpaired) electrons. The van der Waals surface area contributed by atoms with Crippen LogP contribution >= 0.6 is 0 Å². The third-order valence-electron chi connectivity index (χ3n) is 3.70. The Hall–Kier alpha value is -1.65. The topological polar surface area (TPSA) is 66.7 Å². The molecular formula is C13H15F3N4O2S. The van der Waals surface area contributed by atoms with E-state index in [1.54, 1.807) is 10.9 Å². The maximum Gasteiger partial charge on any atom is 0.511 e. The Morgan fingerprint density at radius 1 is 1.22 bits per heavy atom. The fourth-order valence-corrected chi connectivity index (χ4v) is 3.25. The van der Waals surface area contributed by atoms with Gasteiger partial charge in [-0.05, 0) is 18.6 Å². The van der Waals surface area contributed by atoms with Gasteiger partial charge in [0, 0.05) is 31.9 Å². The summed E-state index contributed by atoms with van der Waals surface area (Å²) < 4.78 is 62.0. The Morgan fingerprint density at radius 2 is 1.96 bits per heavy atom. The van der Waals surface area contributed by atoms with Gasteiger partial charge in [0.05, 0.1) is 11.9 Å². The van der Waals surface area contributed by atoms with E-state index in [9.17, 15) is 21.6 Å². The van der Waals surface area contributed by atoms with Crippen LogP contribution in [-0.2, 0) is 23.1 Å². The Bertz CT molecular complexity index is 816. The van der Waals surface area contributed by atoms with Crippen LogP contribution in [-0.4, -0.2) is 41.3 Å². The summed E-state index contributed by atoms with van der Waals surface area (Å²) in [6.07, 6.45) is 2.07. The molecule has 2 aromatic rings. The van der Waals surface area contributed by atoms with E-state index in [-0.39, 0.29) is 6.54 Å². The fourth-order valence-electron chi connectivity index (χ4n) is 2.67. The molecule has 6 nitrogen and oxygen atoms in total. The molecule has 1 aliphatic heterocycles. The molecule has 0 spiro atoms. The summed E-state index contributed by atoms with van der Waals surface area (Å²) in [6, 6.07) is 5.79. The van der Waals surface area contributed by atoms with Crippen molar-refractivity contribution in [2.75, 3.05) is 13.1 Å². The minimum Gasteiger partial charge on any atom is -0.298 e. The molecule has 0 aromatic carbocycles. The highest BCUT2D eigenvalue weighted by Gasteiger charge is 2.45. The van der Waals surface area contributed by atoms with Crippen LogP contribution in [0.15, 0.2) is 24.4 Å². The zero-order chi connectivity index (χ0) is 16.7. The Kier molecular flexibility index (Phi) is 4.07. The van der Waals surface area contributed by atoms with Crippen molar-refractivity contribution in [3.05, 3.63) is 35.8 Å². The monoisotopic (exact) mass is 348 g/mol. The van der Waals surface area contributed by atoms with Crippen LogP contribution in [0.2, 0.25) is 0 Å². The number of imidazole rings is 1. The molecule has 0 fully saturated rings. The highest BCUT2D eigenvalue weighted by Crippen LogP contribution is 2.22. The number of aromatic nitrogens is 2. The van der Waals surface area contributed by atoms with Crippen LogP contribution in [0.3, 0.4) is 0 Å². The predicted molar refractivity (Wildman–Crippen MR) is 76.9 cm³/mol. The van der Waals surface area contributed by atoms with Gasteiger partial charge >= 0.3 is 15.5 Å². The first-order valence-corrected chi connectivity index (χ1v) is 8.49. The largest absolute Gasteiger partial charge is 0.511 e. The summed E-state index contributed by atoms with van der Waals surface area (Å²) in [7, 11) is -5.26. The van der Waals surface area contributed by atoms with Crippen LogP contribution in [0.5, 0.6) is 0 Å². The molecule has 2 aromatic heterocycles. The molecule has 0 saturated heterocycles. The number of rotatable bonds is 5. The Balaban J connectivity index is 1.56. The Morgan fingerprint density at radius 3 is 2.70 bits per heavy atom. The normalized spacial score (nSPS) is 16.1. The minimum atomic E-state index is -5.26. The lowest BCUT2D eigenvalue weighted by atomic mass is 10.2. The number of pyridine rings is 1. The van der Waals surface area contributed by atoms with Gasteiger partial charge in [0.2, 0.25) is 0 Å². The third-order valence-corrected chi connectivity index (χ3v) is 4.90. The maximum atomic E-state index is 12.2. The van der Waals surface area contributed by atoms with E-state index in [4.69, 9.17) is 0 Å². The summed E-state index contributed by atoms with van der Waals surface area (Å²) >= 11 is 0. The van der Waals surface area contributed by atoms with Crippen molar-refractivity contribution in [1.29, 1.82) is 0 Å². The minimum absolute atomic E-state index is 0.248. The van der Waals surface area contributed by atoms with Gasteiger partial charge in [-0.2, -0.15) is 13.2 Å². The van der Waals surface area contributed by atoms with Crippen molar-refractivity contribution in [3.8, 4) is 0 Å². The fraction of sp³-hybridized carbons (Fsp3) is 0.462. The summed E-state index contributed by atoms with van der Waals surface area (Å²) in [5.74, 6) is 0. The number of hydrogen-bond acceptors (Lipinski definition) is 4. The summed E-state index contributed by atoms with van der Waals surface area (Å²) in [5, 5.41) is 0. The van der Waals surface area contributed by atoms with E-state index in [2.05, 4.69) is 9.38 Å². The predicted octanol–water partition coefficient (Wildman–Crippen LogP) is 1.48. The van der Waals surface area contributed by atoms with Crippen molar-refractivity contribution >= 4 is 15.7 Å². The quantitative estimate of drug-likeness (QED) is 0.831. The van der Waals surface area contributed by atoms with Crippen LogP contribution in [0.4, 0.5) is 13.2 Å². The molecule has 126 valence electrons. The lowest BCUT2D eigenvalue weighted by molar-refractivity contribution is -0.0447. The van der Waals surface area contributed by atoms with Crippen LogP contribution in [0.25, 0.3) is 5.65 Å². The van der Waals surface area contributed by atoms with Crippen LogP contribution < -0.4 is 4.72 Å². The second kappa shape index (κ2) is 5.77. The second-order valence-electron chi connectivity index (χ2n) is 5.37. The van der Waals surface area contributed by atoms with Crippen molar-refractivity contribution in [1.82, 2.24) is 19.0 Å². The van der Waals surface area contributed by atoms with Gasteiger partial charge in [-0.1, -0.05) is 6.07 Å². The van der Waals surface area contributed by atoms with E-state index in [0.717, 1.165) is 17.0 Å². The van der Waals surface area contributed by atoms with Crippen LogP contribution in [0, 0.1) is 0 Å². The highest BCUT2D eigenvalue weighted by atomic mass is 32.2. The standard InChI is InChI=1S/C13H15F3N4O2S/c14-13(15,16)23(21,22)18-5-2-6-19-8-10-3-1-4-12-17-7-11(9-19)20(10)12/h1,3-4,7,18H,2,5-6,8-9H2. The lowest BCUT2D eigenvalue weighted by Crippen LogP contribution is -2.38. The summed E-state index contributed by atoms with van der Waals surface area (Å²) in [6.45, 7) is 1.51. The maximum absolute atomic E-state index is 12.2. The van der Waals surface area contributed by atoms with Gasteiger partial charge in [-0.15, -0.1) is 0 Å². The number of nitrogens with zero attached hydrogens (tertiary/aromatic N) is 3. The van der Waals surface area contributed by atoms with Gasteiger partial charge in [0.15, 0.2) is 0 Å². The number of nitrogens with one attached hydrogen (secondary N) is 1. The summed E-state index contributed by atoms with van der Waals surface area (Å²) in [4.78, 5) is 6.35. The van der Waals surface area contributed by atoms with Crippen molar-refractivity contribution < 1.29 is 21.6 Å². The van der Waals surface area contributed by atoms with Crippen molar-refractivity contribution in [3.63, 3.8) is 0 Å². The van der Waals surface area contributed by atoms with E-state index >= 15 is 0 Å². The third kappa shape index (κ3) is 3.19. The van der Waals surface area contributed by atoms with Crippen molar-refractivity contribution in [2.45, 2.75) is 25.0 Å². The zero-order valence-electron chi connectivity index (χ0n) is 12.0. The van der Waals surface area contributed by atoms with Gasteiger partial charge in [0.1, 0.15) is 5.65 Å². The van der Waals surface area contributed by atoms with E-state index in [1.807, 2.05) is 23.1 Å². The second-order valence-corrected chi connectivity index (χ2v) is 7.13. The average Bonchev–Trinajstić information content (AvgIpc) is 2.88. The molecule has 0 aliphatic carbocycles. The van der Waals surface area contributed by atoms with E-state index < -0.39 is 15.5 Å². The molecule has 1 aliphatic rings. The highest BCUT2D eigenvalue weighted by molar-refractivity contribution is 7.90. The zero-order valence-corrected chi connectivity index (χ0v) is 12.9. The SMILES string of the molecule is O=S(=O)(NCCCN1Cc2cccc3ncc(n23)C1)C(F)(F)F. The number of alkyl halides is 3. The molecule has 0 amide bonds. The molecular weight excluding hydrogens is 333 g/mol. The number of sulfonamides is 1. The molecule has 10 heteroatoms. The number of halogens is 3. The first kappa shape index (κ1) is 16.2. The molecule has 0 atom stereocenters. The molecule has 23 heavy (non-hydrogen) atoms. The van der Waals surface area contributed by atoms with Crippen molar-refractivity contribution in [2.24, 2.45) is 0 Å². The molecule has 0 saturated carbocycles. The van der Waals surface area contributed by atoms with Crippen LogP contribution in [0.1, 0.15) is 17.8 Å². The lowest BCUT2D eigenvalue weighted by Gasteiger charge is -2.27. The van der Waals surface area contributed by atoms with Gasteiger partial charge in [-0.3, -0.25) is 9.30 Å².